The smallest absolute Gasteiger partial charge is 0.205 e. The molecule has 2 aliphatic heterocycles. The number of fused-ring (bicyclic) bond motifs is 2. The van der Waals surface area contributed by atoms with Gasteiger partial charge in [-0.3, -0.25) is 4.79 Å². The van der Waals surface area contributed by atoms with Gasteiger partial charge in [-0.1, -0.05) is 12.1 Å². The summed E-state index contributed by atoms with van der Waals surface area (Å²) >= 11 is 0. The van der Waals surface area contributed by atoms with Crippen LogP contribution in [-0.4, -0.2) is 62.7 Å². The Bertz CT molecular complexity index is 989. The quantitative estimate of drug-likeness (QED) is 0.383. The number of aromatic nitrogens is 1. The van der Waals surface area contributed by atoms with Crippen molar-refractivity contribution in [3.05, 3.63) is 46.6 Å². The van der Waals surface area contributed by atoms with Gasteiger partial charge in [0.1, 0.15) is 35.6 Å². The number of hydrogen-bond donors (Lipinski definition) is 5. The first-order valence-electron chi connectivity index (χ1n) is 8.38. The molecule has 0 amide bonds. The van der Waals surface area contributed by atoms with Crippen molar-refractivity contribution in [2.75, 3.05) is 11.9 Å². The summed E-state index contributed by atoms with van der Waals surface area (Å²) in [6.07, 6.45) is -6.80. The number of nitrogens with zero attached hydrogens (tertiary/aromatic N) is 1. The van der Waals surface area contributed by atoms with Crippen molar-refractivity contribution >= 4 is 16.8 Å². The molecule has 0 spiro atoms. The maximum atomic E-state index is 12.4. The molecular formula is C18H18N2O7. The van der Waals surface area contributed by atoms with Crippen LogP contribution in [-0.2, 0) is 4.74 Å². The molecule has 0 bridgehead atoms. The van der Waals surface area contributed by atoms with Crippen LogP contribution in [0.5, 0.6) is 0 Å². The first kappa shape index (κ1) is 17.8. The van der Waals surface area contributed by atoms with Crippen LogP contribution in [0.3, 0.4) is 0 Å². The fourth-order valence-electron chi connectivity index (χ4n) is 3.09. The number of rotatable bonds is 3. The summed E-state index contributed by atoms with van der Waals surface area (Å²) in [5.41, 5.74) is 1.21. The highest BCUT2D eigenvalue weighted by atomic mass is 16.6. The van der Waals surface area contributed by atoms with Crippen LogP contribution in [0.4, 0.5) is 5.69 Å². The van der Waals surface area contributed by atoms with Crippen molar-refractivity contribution in [2.45, 2.75) is 30.6 Å². The summed E-state index contributed by atoms with van der Waals surface area (Å²) in [4.78, 5) is 16.8. The summed E-state index contributed by atoms with van der Waals surface area (Å²) in [5.74, 6) is 0.304. The molecule has 0 radical (unpaired) electrons. The van der Waals surface area contributed by atoms with E-state index in [2.05, 4.69) is 10.3 Å². The summed E-state index contributed by atoms with van der Waals surface area (Å²) in [7, 11) is 0. The number of aliphatic hydroxyl groups is 4. The van der Waals surface area contributed by atoms with Crippen LogP contribution >= 0.6 is 0 Å². The molecule has 1 aromatic carbocycles. The highest BCUT2D eigenvalue weighted by molar-refractivity contribution is 5.77. The Morgan fingerprint density at radius 2 is 1.85 bits per heavy atom. The summed E-state index contributed by atoms with van der Waals surface area (Å²) in [6.45, 7) is -0.558. The molecule has 3 aliphatic rings. The van der Waals surface area contributed by atoms with Crippen LogP contribution < -0.4 is 10.7 Å². The average molecular weight is 374 g/mol. The largest absolute Gasteiger partial charge is 0.453 e. The molecule has 27 heavy (non-hydrogen) atoms. The lowest BCUT2D eigenvalue weighted by Gasteiger charge is -2.40. The molecule has 1 aromatic rings. The molecule has 9 nitrogen and oxygen atoms in total. The van der Waals surface area contributed by atoms with Crippen molar-refractivity contribution in [3.8, 4) is 11.5 Å². The van der Waals surface area contributed by atoms with E-state index in [4.69, 9.17) is 9.15 Å². The van der Waals surface area contributed by atoms with Crippen LogP contribution in [0.1, 0.15) is 0 Å². The molecule has 1 saturated heterocycles. The Morgan fingerprint density at radius 3 is 2.63 bits per heavy atom. The Balaban J connectivity index is 1.69. The van der Waals surface area contributed by atoms with E-state index < -0.39 is 42.7 Å². The van der Waals surface area contributed by atoms with E-state index in [0.717, 1.165) is 0 Å². The zero-order chi connectivity index (χ0) is 19.1. The average Bonchev–Trinajstić information content (AvgIpc) is 2.67. The number of aliphatic hydroxyl groups excluding tert-OH is 4. The topological polar surface area (TPSA) is 145 Å². The van der Waals surface area contributed by atoms with E-state index in [1.165, 1.54) is 12.1 Å². The van der Waals surface area contributed by atoms with Gasteiger partial charge in [0, 0.05) is 6.07 Å². The van der Waals surface area contributed by atoms with Crippen molar-refractivity contribution in [1.29, 1.82) is 0 Å². The molecule has 5 N–H and O–H groups in total. The lowest BCUT2D eigenvalue weighted by Crippen LogP contribution is -2.60. The first-order valence-corrected chi connectivity index (χ1v) is 8.38. The molecule has 1 fully saturated rings. The Kier molecular flexibility index (Phi) is 4.54. The molecule has 2 heterocycles. The zero-order valence-electron chi connectivity index (χ0n) is 14.0. The number of ether oxygens (including phenoxy) is 1. The van der Waals surface area contributed by atoms with Gasteiger partial charge >= 0.3 is 0 Å². The molecule has 0 unspecified atom stereocenters. The normalized spacial score (nSPS) is 28.5. The van der Waals surface area contributed by atoms with Gasteiger partial charge in [-0.05, 0) is 18.2 Å². The third-order valence-corrected chi connectivity index (χ3v) is 4.58. The third kappa shape index (κ3) is 3.15. The van der Waals surface area contributed by atoms with Crippen molar-refractivity contribution in [1.82, 2.24) is 4.98 Å². The third-order valence-electron chi connectivity index (χ3n) is 4.58. The highest BCUT2D eigenvalue weighted by Gasteiger charge is 2.43. The SMILES string of the molecule is O=c1cc2oc3ccccc3nc-2cc1N[C@@H]1O[C@@H](CO)[C@H](O)[C@@H](O)[C@@H]1O. The van der Waals surface area contributed by atoms with Crippen LogP contribution in [0, 0.1) is 0 Å². The summed E-state index contributed by atoms with van der Waals surface area (Å²) in [5, 5.41) is 41.8. The predicted molar refractivity (Wildman–Crippen MR) is 94.3 cm³/mol. The number of anilines is 1. The fraction of sp³-hybridized carbons (Fsp3) is 0.333. The number of para-hydroxylation sites is 2. The standard InChI is InChI=1S/C18H18N2O7/c21-7-14-15(23)16(24)17(25)18(27-14)20-9-5-10-13(6-11(9)22)26-12-4-2-1-3-8(12)19-10/h1-6,14-18,20-21,23-25H,7H2/t14-,15-,16+,17-,18+/m0/s1. The van der Waals surface area contributed by atoms with Gasteiger partial charge in [-0.2, -0.15) is 0 Å². The van der Waals surface area contributed by atoms with Gasteiger partial charge in [0.2, 0.25) is 5.43 Å². The molecule has 1 aliphatic carbocycles. The number of nitrogens with one attached hydrogen (secondary N) is 1. The zero-order valence-corrected chi connectivity index (χ0v) is 14.0. The summed E-state index contributed by atoms with van der Waals surface area (Å²) < 4.78 is 11.0. The Labute approximate surface area is 152 Å². The Morgan fingerprint density at radius 1 is 1.07 bits per heavy atom. The van der Waals surface area contributed by atoms with Gasteiger partial charge < -0.3 is 34.9 Å². The molecule has 4 rings (SSSR count). The molecule has 142 valence electrons. The molecule has 5 atom stereocenters. The van der Waals surface area contributed by atoms with Gasteiger partial charge in [-0.15, -0.1) is 0 Å². The minimum Gasteiger partial charge on any atom is -0.453 e. The van der Waals surface area contributed by atoms with Gasteiger partial charge in [-0.25, -0.2) is 4.98 Å². The Hall–Kier alpha value is -2.56. The monoisotopic (exact) mass is 374 g/mol. The van der Waals surface area contributed by atoms with Gasteiger partial charge in [0.15, 0.2) is 17.6 Å². The first-order chi connectivity index (χ1) is 13.0. The number of hydrogen-bond acceptors (Lipinski definition) is 9. The molecule has 0 aromatic heterocycles. The lowest BCUT2D eigenvalue weighted by atomic mass is 9.98. The minimum atomic E-state index is -1.54. The highest BCUT2D eigenvalue weighted by Crippen LogP contribution is 2.27. The molecule has 0 saturated carbocycles. The van der Waals surface area contributed by atoms with Crippen LogP contribution in [0.2, 0.25) is 0 Å². The minimum absolute atomic E-state index is 0.0739. The van der Waals surface area contributed by atoms with E-state index in [1.54, 1.807) is 18.2 Å². The second-order valence-corrected chi connectivity index (χ2v) is 6.39. The van der Waals surface area contributed by atoms with Crippen LogP contribution in [0.15, 0.2) is 45.6 Å². The van der Waals surface area contributed by atoms with Gasteiger partial charge in [0.25, 0.3) is 0 Å². The van der Waals surface area contributed by atoms with E-state index in [-0.39, 0.29) is 5.69 Å². The second-order valence-electron chi connectivity index (χ2n) is 6.39. The van der Waals surface area contributed by atoms with Crippen molar-refractivity contribution in [2.24, 2.45) is 0 Å². The summed E-state index contributed by atoms with van der Waals surface area (Å²) in [6, 6.07) is 9.84. The maximum absolute atomic E-state index is 12.4. The molecular weight excluding hydrogens is 356 g/mol. The lowest BCUT2D eigenvalue weighted by molar-refractivity contribution is -0.221. The van der Waals surface area contributed by atoms with Gasteiger partial charge in [0.05, 0.1) is 12.3 Å². The van der Waals surface area contributed by atoms with E-state index in [9.17, 15) is 25.2 Å². The second kappa shape index (κ2) is 6.87. The number of benzene rings is 2. The fourth-order valence-corrected chi connectivity index (χ4v) is 3.09. The maximum Gasteiger partial charge on any atom is 0.205 e. The van der Waals surface area contributed by atoms with E-state index >= 15 is 0 Å². The van der Waals surface area contributed by atoms with Crippen molar-refractivity contribution in [3.63, 3.8) is 0 Å². The predicted octanol–water partition coefficient (Wildman–Crippen LogP) is -0.495. The van der Waals surface area contributed by atoms with E-state index in [1.807, 2.05) is 6.07 Å². The van der Waals surface area contributed by atoms with Crippen molar-refractivity contribution < 1.29 is 29.6 Å². The van der Waals surface area contributed by atoms with Crippen LogP contribution in [0.25, 0.3) is 22.6 Å². The molecule has 9 heteroatoms. The van der Waals surface area contributed by atoms with E-state index in [0.29, 0.717) is 22.6 Å².